The number of carbonyl (C=O) groups is 3. The van der Waals surface area contributed by atoms with Gasteiger partial charge in [0, 0.05) is 19.6 Å². The Balaban J connectivity index is 0.000000553. The summed E-state index contributed by atoms with van der Waals surface area (Å²) in [6.07, 6.45) is -5.12. The third-order valence-corrected chi connectivity index (χ3v) is 4.08. The molecule has 0 aliphatic carbocycles. The van der Waals surface area contributed by atoms with Gasteiger partial charge in [0.1, 0.15) is 0 Å². The van der Waals surface area contributed by atoms with Crippen molar-refractivity contribution in [1.29, 1.82) is 0 Å². The lowest BCUT2D eigenvalue weighted by atomic mass is 10.1. The summed E-state index contributed by atoms with van der Waals surface area (Å²) < 4.78 is 37.4. The van der Waals surface area contributed by atoms with Gasteiger partial charge in [0.05, 0.1) is 24.3 Å². The van der Waals surface area contributed by atoms with Gasteiger partial charge in [-0.3, -0.25) is 0 Å². The number of urea groups is 1. The zero-order chi connectivity index (χ0) is 22.9. The number of rotatable bonds is 5. The van der Waals surface area contributed by atoms with Crippen LogP contribution in [0.4, 0.5) is 18.0 Å². The molecule has 0 aromatic heterocycles. The van der Waals surface area contributed by atoms with Gasteiger partial charge in [0.15, 0.2) is 0 Å². The van der Waals surface area contributed by atoms with Crippen molar-refractivity contribution in [3.63, 3.8) is 0 Å². The van der Waals surface area contributed by atoms with Crippen LogP contribution in [0.1, 0.15) is 22.8 Å². The summed E-state index contributed by atoms with van der Waals surface area (Å²) in [5, 5.41) is 21.7. The van der Waals surface area contributed by atoms with Crippen LogP contribution in [0.3, 0.4) is 0 Å². The molecule has 2 atom stereocenters. The number of halogens is 3. The normalized spacial score (nSPS) is 17.8. The third kappa shape index (κ3) is 9.09. The second kappa shape index (κ2) is 11.4. The highest BCUT2D eigenvalue weighted by molar-refractivity contribution is 5.87. The van der Waals surface area contributed by atoms with Crippen LogP contribution in [-0.2, 0) is 16.1 Å². The Hall–Kier alpha value is -2.86. The van der Waals surface area contributed by atoms with Crippen molar-refractivity contribution in [2.75, 3.05) is 26.7 Å². The number of ether oxygens (including phenoxy) is 1. The Morgan fingerprint density at radius 1 is 1.30 bits per heavy atom. The van der Waals surface area contributed by atoms with Crippen molar-refractivity contribution >= 4 is 18.0 Å². The summed E-state index contributed by atoms with van der Waals surface area (Å²) in [4.78, 5) is 33.9. The molecule has 0 saturated carbocycles. The van der Waals surface area contributed by atoms with Crippen molar-refractivity contribution in [2.24, 2.45) is 0 Å². The first kappa shape index (κ1) is 25.2. The molecule has 1 aliphatic heterocycles. The molecule has 1 heterocycles. The van der Waals surface area contributed by atoms with Crippen molar-refractivity contribution in [2.45, 2.75) is 31.8 Å². The molecule has 2 unspecified atom stereocenters. The summed E-state index contributed by atoms with van der Waals surface area (Å²) in [6.45, 7) is 4.52. The van der Waals surface area contributed by atoms with Crippen LogP contribution < -0.4 is 10.6 Å². The number of amides is 2. The molecule has 4 N–H and O–H groups in total. The number of carbonyl (C=O) groups excluding carboxylic acids is 1. The molecule has 0 radical (unpaired) electrons. The van der Waals surface area contributed by atoms with E-state index in [0.29, 0.717) is 6.61 Å². The third-order valence-electron chi connectivity index (χ3n) is 4.08. The van der Waals surface area contributed by atoms with Crippen molar-refractivity contribution in [1.82, 2.24) is 15.5 Å². The number of nitrogens with one attached hydrogen (secondary N) is 2. The summed E-state index contributed by atoms with van der Waals surface area (Å²) in [6, 6.07) is 6.09. The predicted molar refractivity (Wildman–Crippen MR) is 99.2 cm³/mol. The van der Waals surface area contributed by atoms with Gasteiger partial charge in [-0.25, -0.2) is 14.4 Å². The number of benzene rings is 1. The molecule has 1 fully saturated rings. The maximum atomic E-state index is 12.0. The standard InChI is InChI=1S/C16H23N3O4.C2HF3O2/c1-11(14-10-19(2)6-7-23-14)18-16(22)17-9-12-4-3-5-13(8-12)15(20)21;3-2(4,5)1(6)7/h3-5,8,11,14H,6-7,9-10H2,1-2H3,(H,20,21)(H2,17,18,22);(H,6,7). The van der Waals surface area contributed by atoms with E-state index in [2.05, 4.69) is 15.5 Å². The highest BCUT2D eigenvalue weighted by Gasteiger charge is 2.38. The molecule has 168 valence electrons. The van der Waals surface area contributed by atoms with Crippen LogP contribution in [0.5, 0.6) is 0 Å². The molecule has 12 heteroatoms. The highest BCUT2D eigenvalue weighted by Crippen LogP contribution is 2.13. The van der Waals surface area contributed by atoms with E-state index >= 15 is 0 Å². The van der Waals surface area contributed by atoms with E-state index in [-0.39, 0.29) is 30.3 Å². The number of alkyl halides is 3. The van der Waals surface area contributed by atoms with E-state index in [1.165, 1.54) is 6.07 Å². The van der Waals surface area contributed by atoms with Gasteiger partial charge >= 0.3 is 24.1 Å². The van der Waals surface area contributed by atoms with Crippen LogP contribution in [0.15, 0.2) is 24.3 Å². The Morgan fingerprint density at radius 2 is 1.93 bits per heavy atom. The maximum absolute atomic E-state index is 12.0. The molecule has 9 nitrogen and oxygen atoms in total. The predicted octanol–water partition coefficient (Wildman–Crippen LogP) is 1.54. The van der Waals surface area contributed by atoms with Crippen molar-refractivity contribution in [3.8, 4) is 0 Å². The number of morpholine rings is 1. The number of aromatic carboxylic acids is 1. The molecular formula is C18H24F3N3O6. The molecule has 0 spiro atoms. The Bertz CT molecular complexity index is 744. The first-order valence-electron chi connectivity index (χ1n) is 8.87. The minimum Gasteiger partial charge on any atom is -0.478 e. The van der Waals surface area contributed by atoms with Crippen LogP contribution >= 0.6 is 0 Å². The van der Waals surface area contributed by atoms with Gasteiger partial charge < -0.3 is 30.5 Å². The zero-order valence-corrected chi connectivity index (χ0v) is 16.4. The quantitative estimate of drug-likeness (QED) is 0.552. The van der Waals surface area contributed by atoms with Crippen LogP contribution in [0.2, 0.25) is 0 Å². The first-order valence-corrected chi connectivity index (χ1v) is 8.87. The molecule has 1 aromatic carbocycles. The average molecular weight is 435 g/mol. The molecule has 1 aliphatic rings. The molecule has 2 amide bonds. The van der Waals surface area contributed by atoms with Crippen molar-refractivity contribution < 1.29 is 42.5 Å². The molecule has 2 rings (SSSR count). The van der Waals surface area contributed by atoms with E-state index in [4.69, 9.17) is 19.7 Å². The second-order valence-electron chi connectivity index (χ2n) is 6.60. The average Bonchev–Trinajstić information content (AvgIpc) is 2.66. The summed E-state index contributed by atoms with van der Waals surface area (Å²) in [5.41, 5.74) is 0.943. The molecule has 30 heavy (non-hydrogen) atoms. The lowest BCUT2D eigenvalue weighted by Gasteiger charge is -2.33. The maximum Gasteiger partial charge on any atom is 0.490 e. The van der Waals surface area contributed by atoms with Gasteiger partial charge in [0.2, 0.25) is 0 Å². The Labute approximate surface area is 170 Å². The highest BCUT2D eigenvalue weighted by atomic mass is 19.4. The number of hydrogen-bond donors (Lipinski definition) is 4. The summed E-state index contributed by atoms with van der Waals surface area (Å²) in [7, 11) is 2.03. The van der Waals surface area contributed by atoms with Crippen LogP contribution in [-0.4, -0.2) is 78.1 Å². The summed E-state index contributed by atoms with van der Waals surface area (Å²) >= 11 is 0. The minimum atomic E-state index is -5.08. The first-order chi connectivity index (χ1) is 13.9. The van der Waals surface area contributed by atoms with Crippen LogP contribution in [0, 0.1) is 0 Å². The number of likely N-dealkylation sites (N-methyl/N-ethyl adjacent to an activating group) is 1. The zero-order valence-electron chi connectivity index (χ0n) is 16.4. The number of carboxylic acids is 2. The fraction of sp³-hybridized carbons (Fsp3) is 0.500. The van der Waals surface area contributed by atoms with Gasteiger partial charge in [-0.05, 0) is 31.7 Å². The monoisotopic (exact) mass is 435 g/mol. The lowest BCUT2D eigenvalue weighted by Crippen LogP contribution is -2.53. The fourth-order valence-electron chi connectivity index (χ4n) is 2.46. The van der Waals surface area contributed by atoms with Gasteiger partial charge in [-0.1, -0.05) is 12.1 Å². The van der Waals surface area contributed by atoms with Gasteiger partial charge in [-0.15, -0.1) is 0 Å². The molecule has 1 aromatic rings. The number of carboxylic acid groups (broad SMARTS) is 2. The van der Waals surface area contributed by atoms with E-state index in [1.54, 1.807) is 18.2 Å². The van der Waals surface area contributed by atoms with E-state index in [1.807, 2.05) is 14.0 Å². The topological polar surface area (TPSA) is 128 Å². The molecule has 1 saturated heterocycles. The van der Waals surface area contributed by atoms with E-state index in [9.17, 15) is 22.8 Å². The summed E-state index contributed by atoms with van der Waals surface area (Å²) in [5.74, 6) is -3.74. The number of aliphatic carboxylic acids is 1. The Kier molecular flexibility index (Phi) is 9.53. The number of hydrogen-bond acceptors (Lipinski definition) is 5. The van der Waals surface area contributed by atoms with E-state index < -0.39 is 18.1 Å². The lowest BCUT2D eigenvalue weighted by molar-refractivity contribution is -0.192. The molecule has 0 bridgehead atoms. The van der Waals surface area contributed by atoms with Gasteiger partial charge in [0.25, 0.3) is 0 Å². The smallest absolute Gasteiger partial charge is 0.478 e. The van der Waals surface area contributed by atoms with Crippen LogP contribution in [0.25, 0.3) is 0 Å². The van der Waals surface area contributed by atoms with Crippen molar-refractivity contribution in [3.05, 3.63) is 35.4 Å². The van der Waals surface area contributed by atoms with E-state index in [0.717, 1.165) is 18.7 Å². The SMILES string of the molecule is CC(NC(=O)NCc1cccc(C(=O)O)c1)C1CN(C)CCO1.O=C(O)C(F)(F)F. The second-order valence-corrected chi connectivity index (χ2v) is 6.60. The van der Waals surface area contributed by atoms with Gasteiger partial charge in [-0.2, -0.15) is 13.2 Å². The number of nitrogens with zero attached hydrogens (tertiary/aromatic N) is 1. The fourth-order valence-corrected chi connectivity index (χ4v) is 2.46. The molecular weight excluding hydrogens is 411 g/mol. The Morgan fingerprint density at radius 3 is 2.47 bits per heavy atom. The largest absolute Gasteiger partial charge is 0.490 e. The minimum absolute atomic E-state index is 0.0326.